The number of hydrogen-bond donors (Lipinski definition) is 6. The normalized spacial score (nSPS) is 24.5. The molecule has 35 heavy (non-hydrogen) atoms. The molecule has 5 atom stereocenters. The Morgan fingerprint density at radius 2 is 1.43 bits per heavy atom. The van der Waals surface area contributed by atoms with Gasteiger partial charge in [0.1, 0.15) is 36.8 Å². The molecule has 11 heteroatoms. The molecule has 5 unspecified atom stereocenters. The average Bonchev–Trinajstić information content (AvgIpc) is 2.84. The summed E-state index contributed by atoms with van der Waals surface area (Å²) in [5.41, 5.74) is 0.984. The van der Waals surface area contributed by atoms with Gasteiger partial charge in [-0.25, -0.2) is 9.59 Å². The van der Waals surface area contributed by atoms with Crippen LogP contribution in [0.25, 0.3) is 12.2 Å². The van der Waals surface area contributed by atoms with Crippen molar-refractivity contribution in [3.05, 3.63) is 65.7 Å². The summed E-state index contributed by atoms with van der Waals surface area (Å²) < 4.78 is 15.3. The fourth-order valence-corrected chi connectivity index (χ4v) is 3.08. The zero-order valence-electron chi connectivity index (χ0n) is 18.2. The lowest BCUT2D eigenvalue weighted by Gasteiger charge is -2.39. The third-order valence-corrected chi connectivity index (χ3v) is 5.01. The molecular formula is C24H24O11. The van der Waals surface area contributed by atoms with Gasteiger partial charge in [-0.3, -0.25) is 0 Å². The van der Waals surface area contributed by atoms with E-state index in [0.29, 0.717) is 11.1 Å². The Kier molecular flexibility index (Phi) is 8.44. The zero-order chi connectivity index (χ0) is 25.5. The minimum absolute atomic E-state index is 0.0688. The second-order valence-corrected chi connectivity index (χ2v) is 7.59. The topological polar surface area (TPSA) is 183 Å². The van der Waals surface area contributed by atoms with E-state index in [0.717, 1.165) is 12.2 Å². The molecule has 2 aromatic rings. The predicted octanol–water partition coefficient (Wildman–Crippen LogP) is 0.424. The molecule has 1 aliphatic heterocycles. The minimum Gasteiger partial charge on any atom is -0.508 e. The summed E-state index contributed by atoms with van der Waals surface area (Å²) in [5, 5.41) is 58.4. The van der Waals surface area contributed by atoms with Crippen molar-refractivity contribution >= 4 is 24.1 Å². The first-order valence-corrected chi connectivity index (χ1v) is 10.4. The highest BCUT2D eigenvalue weighted by atomic mass is 16.7. The molecule has 0 bridgehead atoms. The summed E-state index contributed by atoms with van der Waals surface area (Å²) >= 11 is 0. The third kappa shape index (κ3) is 7.04. The SMILES string of the molecule is O=C(C=Cc1ccc(O)cc1)OCC1OC(OC(=O)C=Cc2ccc(O)c(O)c2)C(O)C(O)C1O. The molecule has 0 aromatic heterocycles. The molecule has 0 saturated carbocycles. The molecule has 11 nitrogen and oxygen atoms in total. The van der Waals surface area contributed by atoms with Crippen molar-refractivity contribution in [2.24, 2.45) is 0 Å². The first-order valence-electron chi connectivity index (χ1n) is 10.4. The summed E-state index contributed by atoms with van der Waals surface area (Å²) in [7, 11) is 0. The van der Waals surface area contributed by atoms with Crippen molar-refractivity contribution in [3.63, 3.8) is 0 Å². The number of aliphatic hydroxyl groups excluding tert-OH is 3. The van der Waals surface area contributed by atoms with E-state index in [-0.39, 0.29) is 17.2 Å². The molecule has 1 aliphatic rings. The summed E-state index contributed by atoms with van der Waals surface area (Å²) in [6.07, 6.45) is -3.38. The highest BCUT2D eigenvalue weighted by Gasteiger charge is 2.45. The molecule has 2 aromatic carbocycles. The summed E-state index contributed by atoms with van der Waals surface area (Å²) in [6, 6.07) is 9.87. The quantitative estimate of drug-likeness (QED) is 0.180. The van der Waals surface area contributed by atoms with E-state index in [4.69, 9.17) is 14.2 Å². The number of aromatic hydroxyl groups is 3. The smallest absolute Gasteiger partial charge is 0.333 e. The summed E-state index contributed by atoms with van der Waals surface area (Å²) in [4.78, 5) is 24.1. The van der Waals surface area contributed by atoms with Crippen LogP contribution in [0.3, 0.4) is 0 Å². The molecule has 0 amide bonds. The Bertz CT molecular complexity index is 1090. The Morgan fingerprint density at radius 1 is 0.800 bits per heavy atom. The Hall–Kier alpha value is -3.90. The lowest BCUT2D eigenvalue weighted by atomic mass is 9.99. The van der Waals surface area contributed by atoms with Crippen LogP contribution in [0.4, 0.5) is 0 Å². The first-order chi connectivity index (χ1) is 16.6. The van der Waals surface area contributed by atoms with E-state index in [1.165, 1.54) is 42.5 Å². The van der Waals surface area contributed by atoms with E-state index >= 15 is 0 Å². The van der Waals surface area contributed by atoms with Crippen molar-refractivity contribution in [3.8, 4) is 17.2 Å². The van der Waals surface area contributed by atoms with Gasteiger partial charge in [0, 0.05) is 12.2 Å². The van der Waals surface area contributed by atoms with Gasteiger partial charge in [0.25, 0.3) is 0 Å². The molecule has 6 N–H and O–H groups in total. The van der Waals surface area contributed by atoms with Gasteiger partial charge < -0.3 is 44.8 Å². The van der Waals surface area contributed by atoms with E-state index < -0.39 is 49.3 Å². The molecule has 0 spiro atoms. The number of carbonyl (C=O) groups excluding carboxylic acids is 2. The second kappa shape index (κ2) is 11.5. The molecular weight excluding hydrogens is 464 g/mol. The maximum absolute atomic E-state index is 12.1. The molecule has 0 radical (unpaired) electrons. The van der Waals surface area contributed by atoms with Crippen LogP contribution >= 0.6 is 0 Å². The van der Waals surface area contributed by atoms with Gasteiger partial charge in [0.05, 0.1) is 0 Å². The number of rotatable bonds is 7. The summed E-state index contributed by atoms with van der Waals surface area (Å²) in [5.74, 6) is -2.42. The van der Waals surface area contributed by atoms with E-state index in [1.807, 2.05) is 0 Å². The first kappa shape index (κ1) is 25.7. The monoisotopic (exact) mass is 488 g/mol. The highest BCUT2D eigenvalue weighted by molar-refractivity contribution is 5.87. The fraction of sp³-hybridized carbons (Fsp3) is 0.250. The molecule has 3 rings (SSSR count). The number of phenols is 3. The molecule has 1 heterocycles. The zero-order valence-corrected chi connectivity index (χ0v) is 18.2. The Labute approximate surface area is 199 Å². The third-order valence-electron chi connectivity index (χ3n) is 5.01. The number of phenolic OH excluding ortho intramolecular Hbond substituents is 3. The Morgan fingerprint density at radius 3 is 2.11 bits per heavy atom. The number of carbonyl (C=O) groups is 2. The number of ether oxygens (including phenoxy) is 3. The second-order valence-electron chi connectivity index (χ2n) is 7.59. The van der Waals surface area contributed by atoms with Gasteiger partial charge in [0.15, 0.2) is 11.5 Å². The van der Waals surface area contributed by atoms with Gasteiger partial charge in [-0.2, -0.15) is 0 Å². The summed E-state index contributed by atoms with van der Waals surface area (Å²) in [6.45, 7) is -0.514. The average molecular weight is 488 g/mol. The van der Waals surface area contributed by atoms with Gasteiger partial charge >= 0.3 is 11.9 Å². The van der Waals surface area contributed by atoms with Gasteiger partial charge in [-0.05, 0) is 47.5 Å². The molecule has 1 saturated heterocycles. The van der Waals surface area contributed by atoms with Crippen molar-refractivity contribution < 1.29 is 54.4 Å². The lowest BCUT2D eigenvalue weighted by molar-refractivity contribution is -0.291. The van der Waals surface area contributed by atoms with Gasteiger partial charge in [-0.1, -0.05) is 18.2 Å². The highest BCUT2D eigenvalue weighted by Crippen LogP contribution is 2.26. The lowest BCUT2D eigenvalue weighted by Crippen LogP contribution is -2.59. The van der Waals surface area contributed by atoms with E-state index in [9.17, 15) is 40.2 Å². The van der Waals surface area contributed by atoms with Gasteiger partial charge in [0.2, 0.25) is 6.29 Å². The van der Waals surface area contributed by atoms with Crippen LogP contribution < -0.4 is 0 Å². The van der Waals surface area contributed by atoms with Crippen LogP contribution in [-0.4, -0.2) is 79.9 Å². The standard InChI is InChI=1S/C24H24O11/c25-15-6-1-13(2-7-15)4-9-19(28)33-12-18-21(30)22(31)23(32)24(34-18)35-20(29)10-5-14-3-8-16(26)17(27)11-14/h1-11,18,21-27,30-32H,12H2. The van der Waals surface area contributed by atoms with Crippen LogP contribution in [0.2, 0.25) is 0 Å². The van der Waals surface area contributed by atoms with Crippen LogP contribution in [0.15, 0.2) is 54.6 Å². The number of benzene rings is 2. The van der Waals surface area contributed by atoms with Crippen molar-refractivity contribution in [1.29, 1.82) is 0 Å². The van der Waals surface area contributed by atoms with Crippen LogP contribution in [0.5, 0.6) is 17.2 Å². The molecule has 186 valence electrons. The van der Waals surface area contributed by atoms with Crippen LogP contribution in [0.1, 0.15) is 11.1 Å². The van der Waals surface area contributed by atoms with Crippen molar-refractivity contribution in [1.82, 2.24) is 0 Å². The fourth-order valence-electron chi connectivity index (χ4n) is 3.08. The number of esters is 2. The van der Waals surface area contributed by atoms with E-state index in [2.05, 4.69) is 0 Å². The number of aliphatic hydroxyl groups is 3. The minimum atomic E-state index is -1.78. The van der Waals surface area contributed by atoms with Crippen LogP contribution in [-0.2, 0) is 23.8 Å². The predicted molar refractivity (Wildman–Crippen MR) is 120 cm³/mol. The van der Waals surface area contributed by atoms with Crippen LogP contribution in [0, 0.1) is 0 Å². The maximum Gasteiger partial charge on any atom is 0.333 e. The van der Waals surface area contributed by atoms with Gasteiger partial charge in [-0.15, -0.1) is 0 Å². The van der Waals surface area contributed by atoms with Crippen molar-refractivity contribution in [2.45, 2.75) is 30.7 Å². The van der Waals surface area contributed by atoms with Crippen molar-refractivity contribution in [2.75, 3.05) is 6.61 Å². The maximum atomic E-state index is 12.1. The molecule has 1 fully saturated rings. The number of hydrogen-bond acceptors (Lipinski definition) is 11. The largest absolute Gasteiger partial charge is 0.508 e. The van der Waals surface area contributed by atoms with E-state index in [1.54, 1.807) is 12.1 Å². The Balaban J connectivity index is 1.56. The molecule has 0 aliphatic carbocycles.